The fourth-order valence-electron chi connectivity index (χ4n) is 3.96. The number of ether oxygens (including phenoxy) is 2. The highest BCUT2D eigenvalue weighted by atomic mass is 16.5. The SMILES string of the molecule is O=c1c2c(O)cccc2n2nc(CNCCOCCO)c3ccc(NCCOCCO)c1c32. The fourth-order valence-corrected chi connectivity index (χ4v) is 3.96. The van der Waals surface area contributed by atoms with E-state index in [1.54, 1.807) is 16.6 Å². The van der Waals surface area contributed by atoms with Crippen molar-refractivity contribution in [1.82, 2.24) is 14.9 Å². The third kappa shape index (κ3) is 4.70. The van der Waals surface area contributed by atoms with E-state index >= 15 is 0 Å². The van der Waals surface area contributed by atoms with E-state index in [-0.39, 0.29) is 36.4 Å². The monoisotopic (exact) mass is 456 g/mol. The van der Waals surface area contributed by atoms with Gasteiger partial charge in [0.25, 0.3) is 0 Å². The Morgan fingerprint density at radius 3 is 2.45 bits per heavy atom. The Labute approximate surface area is 189 Å². The summed E-state index contributed by atoms with van der Waals surface area (Å²) in [5, 5.41) is 40.9. The van der Waals surface area contributed by atoms with Crippen LogP contribution < -0.4 is 16.1 Å². The van der Waals surface area contributed by atoms with Crippen LogP contribution in [0.4, 0.5) is 5.69 Å². The van der Waals surface area contributed by atoms with Crippen LogP contribution in [0.25, 0.3) is 27.2 Å². The van der Waals surface area contributed by atoms with Crippen LogP contribution in [0.15, 0.2) is 35.1 Å². The number of aliphatic hydroxyl groups excluding tert-OH is 2. The lowest BCUT2D eigenvalue weighted by atomic mass is 10.0. The molecule has 0 atom stereocenters. The zero-order valence-electron chi connectivity index (χ0n) is 18.2. The van der Waals surface area contributed by atoms with Crippen LogP contribution in [0, 0.1) is 0 Å². The van der Waals surface area contributed by atoms with Crippen LogP contribution in [0.1, 0.15) is 5.69 Å². The third-order valence-electron chi connectivity index (χ3n) is 5.37. The van der Waals surface area contributed by atoms with Crippen LogP contribution in [0.3, 0.4) is 0 Å². The lowest BCUT2D eigenvalue weighted by molar-refractivity contribution is 0.0937. The van der Waals surface area contributed by atoms with Gasteiger partial charge in [-0.1, -0.05) is 6.07 Å². The second-order valence-corrected chi connectivity index (χ2v) is 7.52. The highest BCUT2D eigenvalue weighted by Crippen LogP contribution is 2.33. The van der Waals surface area contributed by atoms with Crippen LogP contribution in [-0.4, -0.2) is 77.7 Å². The van der Waals surface area contributed by atoms with E-state index in [2.05, 4.69) is 10.6 Å². The van der Waals surface area contributed by atoms with E-state index in [4.69, 9.17) is 24.8 Å². The Balaban J connectivity index is 1.73. The smallest absolute Gasteiger partial charge is 0.203 e. The van der Waals surface area contributed by atoms with Crippen molar-refractivity contribution < 1.29 is 24.8 Å². The molecule has 2 aromatic heterocycles. The maximum atomic E-state index is 13.5. The van der Waals surface area contributed by atoms with Gasteiger partial charge in [-0.15, -0.1) is 0 Å². The second-order valence-electron chi connectivity index (χ2n) is 7.52. The van der Waals surface area contributed by atoms with Crippen molar-refractivity contribution in [3.63, 3.8) is 0 Å². The summed E-state index contributed by atoms with van der Waals surface area (Å²) in [6.07, 6.45) is 0. The van der Waals surface area contributed by atoms with E-state index in [0.717, 1.165) is 11.1 Å². The zero-order chi connectivity index (χ0) is 23.2. The number of nitrogens with zero attached hydrogens (tertiary/aromatic N) is 2. The van der Waals surface area contributed by atoms with Crippen molar-refractivity contribution in [3.05, 3.63) is 46.2 Å². The van der Waals surface area contributed by atoms with E-state index in [1.165, 1.54) is 6.07 Å². The van der Waals surface area contributed by atoms with Gasteiger partial charge in [-0.2, -0.15) is 5.10 Å². The maximum Gasteiger partial charge on any atom is 0.203 e. The molecule has 4 rings (SSSR count). The molecule has 10 nitrogen and oxygen atoms in total. The summed E-state index contributed by atoms with van der Waals surface area (Å²) < 4.78 is 12.3. The molecule has 33 heavy (non-hydrogen) atoms. The quantitative estimate of drug-likeness (QED) is 0.145. The molecule has 0 amide bonds. The van der Waals surface area contributed by atoms with Crippen LogP contribution in [0.2, 0.25) is 0 Å². The molecule has 0 radical (unpaired) electrons. The summed E-state index contributed by atoms with van der Waals surface area (Å²) in [6, 6.07) is 8.73. The molecule has 2 heterocycles. The number of hydrogen-bond donors (Lipinski definition) is 5. The Hall–Kier alpha value is -3.02. The summed E-state index contributed by atoms with van der Waals surface area (Å²) in [6.45, 7) is 2.84. The predicted molar refractivity (Wildman–Crippen MR) is 125 cm³/mol. The number of benzene rings is 2. The molecule has 0 unspecified atom stereocenters. The Kier molecular flexibility index (Phi) is 7.53. The normalized spacial score (nSPS) is 11.8. The lowest BCUT2D eigenvalue weighted by Gasteiger charge is -2.12. The molecule has 0 aliphatic carbocycles. The van der Waals surface area contributed by atoms with Gasteiger partial charge in [0.15, 0.2) is 0 Å². The van der Waals surface area contributed by atoms with Crippen molar-refractivity contribution in [2.45, 2.75) is 6.54 Å². The number of phenolic OH excluding ortho intramolecular Hbond substituents is 1. The van der Waals surface area contributed by atoms with Crippen molar-refractivity contribution in [2.24, 2.45) is 0 Å². The third-order valence-corrected chi connectivity index (χ3v) is 5.37. The number of phenols is 1. The van der Waals surface area contributed by atoms with Gasteiger partial charge in [0.2, 0.25) is 5.43 Å². The van der Waals surface area contributed by atoms with Crippen LogP contribution >= 0.6 is 0 Å². The minimum atomic E-state index is -0.267. The van der Waals surface area contributed by atoms with Gasteiger partial charge in [-0.3, -0.25) is 4.79 Å². The number of hydrogen-bond acceptors (Lipinski definition) is 9. The first-order valence-electron chi connectivity index (χ1n) is 10.9. The lowest BCUT2D eigenvalue weighted by Crippen LogP contribution is -2.20. The number of rotatable bonds is 13. The molecule has 0 saturated heterocycles. The molecule has 2 aromatic carbocycles. The minimum absolute atomic E-state index is 0.0119. The molecule has 0 saturated carbocycles. The topological polar surface area (TPSA) is 138 Å². The summed E-state index contributed by atoms with van der Waals surface area (Å²) in [5.74, 6) is -0.0893. The molecular weight excluding hydrogens is 428 g/mol. The molecule has 0 aliphatic rings. The highest BCUT2D eigenvalue weighted by Gasteiger charge is 2.21. The number of nitrogens with one attached hydrogen (secondary N) is 2. The molecule has 4 aromatic rings. The number of fused-ring (bicyclic) bond motifs is 2. The van der Waals surface area contributed by atoms with Crippen molar-refractivity contribution in [1.29, 1.82) is 0 Å². The first-order chi connectivity index (χ1) is 16.2. The summed E-state index contributed by atoms with van der Waals surface area (Å²) in [4.78, 5) is 13.5. The van der Waals surface area contributed by atoms with Crippen LogP contribution in [0.5, 0.6) is 5.75 Å². The molecule has 0 spiro atoms. The Morgan fingerprint density at radius 1 is 0.939 bits per heavy atom. The van der Waals surface area contributed by atoms with Gasteiger partial charge in [0.05, 0.1) is 67.1 Å². The summed E-state index contributed by atoms with van der Waals surface area (Å²) in [7, 11) is 0. The first-order valence-corrected chi connectivity index (χ1v) is 10.9. The minimum Gasteiger partial charge on any atom is -0.507 e. The van der Waals surface area contributed by atoms with E-state index in [0.29, 0.717) is 61.6 Å². The zero-order valence-corrected chi connectivity index (χ0v) is 18.2. The van der Waals surface area contributed by atoms with Gasteiger partial charge >= 0.3 is 0 Å². The molecule has 0 aliphatic heterocycles. The van der Waals surface area contributed by atoms with Crippen molar-refractivity contribution in [3.8, 4) is 5.75 Å². The molecule has 0 bridgehead atoms. The number of anilines is 1. The Bertz CT molecular complexity index is 1280. The fraction of sp³-hybridized carbons (Fsp3) is 0.391. The summed E-state index contributed by atoms with van der Waals surface area (Å²) in [5.41, 5.74) is 2.37. The average molecular weight is 456 g/mol. The van der Waals surface area contributed by atoms with Crippen LogP contribution in [-0.2, 0) is 16.0 Å². The average Bonchev–Trinajstić information content (AvgIpc) is 3.19. The van der Waals surface area contributed by atoms with E-state index in [1.807, 2.05) is 12.1 Å². The number of aliphatic hydroxyl groups is 2. The molecule has 0 fully saturated rings. The predicted octanol–water partition coefficient (Wildman–Crippen LogP) is 0.664. The molecule has 10 heteroatoms. The Morgan fingerprint density at radius 2 is 1.70 bits per heavy atom. The van der Waals surface area contributed by atoms with Crippen molar-refractivity contribution in [2.75, 3.05) is 58.0 Å². The van der Waals surface area contributed by atoms with Gasteiger partial charge in [0.1, 0.15) is 5.75 Å². The highest BCUT2D eigenvalue weighted by molar-refractivity contribution is 6.09. The van der Waals surface area contributed by atoms with Crippen molar-refractivity contribution >= 4 is 32.9 Å². The standard InChI is InChI=1S/C23H28N4O6/c28-8-12-32-10-6-24-14-17-15-4-5-16(25-7-11-33-13-9-29)20-22(15)27(26-17)18-2-1-3-19(30)21(18)23(20)31/h1-5,24-25,28-30H,6-14H2. The molecule has 176 valence electrons. The largest absolute Gasteiger partial charge is 0.507 e. The maximum absolute atomic E-state index is 13.5. The second kappa shape index (κ2) is 10.7. The molecule has 5 N–H and O–H groups in total. The van der Waals surface area contributed by atoms with Gasteiger partial charge in [-0.05, 0) is 24.3 Å². The number of pyridine rings is 1. The van der Waals surface area contributed by atoms with Gasteiger partial charge in [0, 0.05) is 30.7 Å². The summed E-state index contributed by atoms with van der Waals surface area (Å²) >= 11 is 0. The van der Waals surface area contributed by atoms with E-state index in [9.17, 15) is 9.90 Å². The van der Waals surface area contributed by atoms with E-state index < -0.39 is 0 Å². The number of aromatic nitrogens is 2. The van der Waals surface area contributed by atoms with Gasteiger partial charge < -0.3 is 35.4 Å². The van der Waals surface area contributed by atoms with Gasteiger partial charge in [-0.25, -0.2) is 4.52 Å². The first kappa shape index (κ1) is 23.1. The molecular formula is C23H28N4O6. The number of aromatic hydroxyl groups is 1.